The van der Waals surface area contributed by atoms with E-state index in [1.165, 1.54) is 83.5 Å². The van der Waals surface area contributed by atoms with E-state index in [0.717, 1.165) is 44.9 Å². The SMILES string of the molecule is CCCCC/C=C/C/C=C/CCCCCCCC(=O)O[C@H](CCl)COC(=O)CCCCCCCCCCC. The van der Waals surface area contributed by atoms with Gasteiger partial charge in [0, 0.05) is 12.8 Å². The van der Waals surface area contributed by atoms with Crippen LogP contribution in [0.3, 0.4) is 0 Å². The molecule has 4 nitrogen and oxygen atoms in total. The van der Waals surface area contributed by atoms with Gasteiger partial charge in [0.1, 0.15) is 12.7 Å². The van der Waals surface area contributed by atoms with Crippen LogP contribution < -0.4 is 0 Å². The van der Waals surface area contributed by atoms with Crippen molar-refractivity contribution in [3.05, 3.63) is 24.3 Å². The molecule has 0 N–H and O–H groups in total. The van der Waals surface area contributed by atoms with Crippen LogP contribution in [-0.2, 0) is 19.1 Å². The number of carbonyl (C=O) groups excluding carboxylic acids is 2. The molecule has 0 fully saturated rings. The Balaban J connectivity index is 3.62. The van der Waals surface area contributed by atoms with Crippen LogP contribution in [0.4, 0.5) is 0 Å². The molecule has 0 radical (unpaired) electrons. The molecular formula is C33H59ClO4. The predicted octanol–water partition coefficient (Wildman–Crippen LogP) is 10.4. The number of alkyl halides is 1. The van der Waals surface area contributed by atoms with E-state index in [-0.39, 0.29) is 24.4 Å². The van der Waals surface area contributed by atoms with E-state index in [9.17, 15) is 9.59 Å². The minimum atomic E-state index is -0.561. The zero-order valence-corrected chi connectivity index (χ0v) is 25.6. The van der Waals surface area contributed by atoms with Gasteiger partial charge in [-0.3, -0.25) is 9.59 Å². The molecule has 0 aromatic rings. The first-order valence-corrected chi connectivity index (χ1v) is 16.4. The highest BCUT2D eigenvalue weighted by Crippen LogP contribution is 2.12. The van der Waals surface area contributed by atoms with Crippen LogP contribution in [-0.4, -0.2) is 30.5 Å². The van der Waals surface area contributed by atoms with Crippen LogP contribution in [0.15, 0.2) is 24.3 Å². The van der Waals surface area contributed by atoms with Crippen molar-refractivity contribution < 1.29 is 19.1 Å². The summed E-state index contributed by atoms with van der Waals surface area (Å²) in [5.74, 6) is -0.344. The largest absolute Gasteiger partial charge is 0.462 e. The van der Waals surface area contributed by atoms with Gasteiger partial charge >= 0.3 is 11.9 Å². The molecular weight excluding hydrogens is 496 g/mol. The number of hydrogen-bond acceptors (Lipinski definition) is 4. The van der Waals surface area contributed by atoms with Gasteiger partial charge in [0.15, 0.2) is 0 Å². The fraction of sp³-hybridized carbons (Fsp3) is 0.818. The Hall–Kier alpha value is -1.29. The number of ether oxygens (including phenoxy) is 2. The lowest BCUT2D eigenvalue weighted by Gasteiger charge is -2.15. The fourth-order valence-corrected chi connectivity index (χ4v) is 4.43. The van der Waals surface area contributed by atoms with Gasteiger partial charge in [0.05, 0.1) is 5.88 Å². The summed E-state index contributed by atoms with van der Waals surface area (Å²) < 4.78 is 10.7. The number of rotatable bonds is 28. The quantitative estimate of drug-likeness (QED) is 0.0417. The number of carbonyl (C=O) groups is 2. The highest BCUT2D eigenvalue weighted by atomic mass is 35.5. The molecule has 0 bridgehead atoms. The molecule has 0 rings (SSSR count). The molecule has 0 aromatic carbocycles. The summed E-state index contributed by atoms with van der Waals surface area (Å²) in [6.45, 7) is 4.52. The first-order chi connectivity index (χ1) is 18.6. The van der Waals surface area contributed by atoms with Crippen LogP contribution in [0.5, 0.6) is 0 Å². The van der Waals surface area contributed by atoms with Crippen molar-refractivity contribution in [3.8, 4) is 0 Å². The zero-order chi connectivity index (χ0) is 27.9. The Morgan fingerprint density at radius 1 is 0.605 bits per heavy atom. The maximum atomic E-state index is 12.1. The van der Waals surface area contributed by atoms with Crippen molar-refractivity contribution in [1.29, 1.82) is 0 Å². The molecule has 222 valence electrons. The molecule has 38 heavy (non-hydrogen) atoms. The Labute approximate surface area is 240 Å². The van der Waals surface area contributed by atoms with Crippen molar-refractivity contribution in [2.75, 3.05) is 12.5 Å². The lowest BCUT2D eigenvalue weighted by Crippen LogP contribution is -2.26. The van der Waals surface area contributed by atoms with Crippen LogP contribution in [0.2, 0.25) is 0 Å². The van der Waals surface area contributed by atoms with Crippen molar-refractivity contribution in [2.24, 2.45) is 0 Å². The Morgan fingerprint density at radius 2 is 1.05 bits per heavy atom. The molecule has 0 aliphatic carbocycles. The summed E-state index contributed by atoms with van der Waals surface area (Å²) in [6, 6.07) is 0. The molecule has 0 spiro atoms. The number of hydrogen-bond donors (Lipinski definition) is 0. The van der Waals surface area contributed by atoms with Crippen molar-refractivity contribution in [2.45, 2.75) is 161 Å². The van der Waals surface area contributed by atoms with Crippen LogP contribution in [0, 0.1) is 0 Å². The van der Waals surface area contributed by atoms with Crippen LogP contribution in [0.25, 0.3) is 0 Å². The third kappa shape index (κ3) is 27.7. The third-order valence-electron chi connectivity index (χ3n) is 6.72. The minimum Gasteiger partial charge on any atom is -0.462 e. The van der Waals surface area contributed by atoms with Crippen molar-refractivity contribution >= 4 is 23.5 Å². The molecule has 0 aliphatic heterocycles. The number of allylic oxidation sites excluding steroid dienone is 4. The second-order valence-electron chi connectivity index (χ2n) is 10.5. The van der Waals surface area contributed by atoms with Gasteiger partial charge in [-0.1, -0.05) is 122 Å². The van der Waals surface area contributed by atoms with Crippen LogP contribution in [0.1, 0.15) is 155 Å². The summed E-state index contributed by atoms with van der Waals surface area (Å²) in [7, 11) is 0. The van der Waals surface area contributed by atoms with E-state index in [0.29, 0.717) is 12.8 Å². The molecule has 0 aliphatic rings. The summed E-state index contributed by atoms with van der Waals surface area (Å²) in [4.78, 5) is 24.1. The van der Waals surface area contributed by atoms with Gasteiger partial charge in [-0.05, 0) is 44.9 Å². The number of unbranched alkanes of at least 4 members (excludes halogenated alkanes) is 16. The standard InChI is InChI=1S/C33H59ClO4/c1-3-5-7-9-11-13-14-15-16-17-18-20-22-24-26-28-33(36)38-31(29-34)30-37-32(35)27-25-23-21-19-12-10-8-6-4-2/h11,13,15-16,31H,3-10,12,14,17-30H2,1-2H3/b13-11+,16-15+/t31-/m1/s1. The lowest BCUT2D eigenvalue weighted by atomic mass is 10.1. The molecule has 0 saturated carbocycles. The Morgan fingerprint density at radius 3 is 1.61 bits per heavy atom. The van der Waals surface area contributed by atoms with E-state index in [1.807, 2.05) is 0 Å². The highest BCUT2D eigenvalue weighted by Gasteiger charge is 2.16. The van der Waals surface area contributed by atoms with Crippen molar-refractivity contribution in [3.63, 3.8) is 0 Å². The molecule has 0 amide bonds. The normalized spacial score (nSPS) is 12.4. The fourth-order valence-electron chi connectivity index (χ4n) is 4.27. The predicted molar refractivity (Wildman–Crippen MR) is 163 cm³/mol. The van der Waals surface area contributed by atoms with E-state index < -0.39 is 6.10 Å². The molecule has 0 saturated heterocycles. The zero-order valence-electron chi connectivity index (χ0n) is 24.9. The number of halogens is 1. The first kappa shape index (κ1) is 36.7. The maximum Gasteiger partial charge on any atom is 0.306 e. The third-order valence-corrected chi connectivity index (χ3v) is 7.06. The van der Waals surface area contributed by atoms with Crippen molar-refractivity contribution in [1.82, 2.24) is 0 Å². The second-order valence-corrected chi connectivity index (χ2v) is 10.8. The average Bonchev–Trinajstić information content (AvgIpc) is 2.92. The molecule has 0 unspecified atom stereocenters. The van der Waals surface area contributed by atoms with Gasteiger partial charge in [-0.25, -0.2) is 0 Å². The van der Waals surface area contributed by atoms with Gasteiger partial charge in [0.25, 0.3) is 0 Å². The highest BCUT2D eigenvalue weighted by molar-refractivity contribution is 6.18. The summed E-state index contributed by atoms with van der Waals surface area (Å²) in [6.07, 6.45) is 32.9. The second kappa shape index (κ2) is 30.3. The molecule has 5 heteroatoms. The minimum absolute atomic E-state index is 0.0493. The van der Waals surface area contributed by atoms with Gasteiger partial charge in [0.2, 0.25) is 0 Å². The summed E-state index contributed by atoms with van der Waals surface area (Å²) in [5.41, 5.74) is 0. The smallest absolute Gasteiger partial charge is 0.306 e. The van der Waals surface area contributed by atoms with Gasteiger partial charge in [-0.2, -0.15) is 0 Å². The summed E-state index contributed by atoms with van der Waals surface area (Å²) in [5, 5.41) is 0. The topological polar surface area (TPSA) is 52.6 Å². The summed E-state index contributed by atoms with van der Waals surface area (Å²) >= 11 is 5.92. The van der Waals surface area contributed by atoms with Gasteiger partial charge < -0.3 is 9.47 Å². The van der Waals surface area contributed by atoms with E-state index in [2.05, 4.69) is 38.2 Å². The lowest BCUT2D eigenvalue weighted by molar-refractivity contribution is -0.157. The monoisotopic (exact) mass is 554 g/mol. The molecule has 0 aromatic heterocycles. The van der Waals surface area contributed by atoms with E-state index in [1.54, 1.807) is 0 Å². The van der Waals surface area contributed by atoms with E-state index >= 15 is 0 Å². The average molecular weight is 555 g/mol. The van der Waals surface area contributed by atoms with Gasteiger partial charge in [-0.15, -0.1) is 11.6 Å². The number of esters is 2. The van der Waals surface area contributed by atoms with Crippen LogP contribution >= 0.6 is 11.6 Å². The molecule has 0 heterocycles. The van der Waals surface area contributed by atoms with E-state index in [4.69, 9.17) is 21.1 Å². The Kier molecular flexibility index (Phi) is 29.2. The molecule has 1 atom stereocenters. The Bertz CT molecular complexity index is 588. The first-order valence-electron chi connectivity index (χ1n) is 15.8. The maximum absolute atomic E-state index is 12.1.